The third-order valence-corrected chi connectivity index (χ3v) is 3.14. The van der Waals surface area contributed by atoms with E-state index in [0.717, 1.165) is 22.8 Å². The normalized spacial score (nSPS) is 13.0. The first-order valence-electron chi connectivity index (χ1n) is 4.69. The van der Waals surface area contributed by atoms with Crippen LogP contribution in [0.3, 0.4) is 0 Å². The van der Waals surface area contributed by atoms with Crippen LogP contribution < -0.4 is 5.73 Å². The Labute approximate surface area is 87.4 Å². The quantitative estimate of drug-likeness (QED) is 0.840. The van der Waals surface area contributed by atoms with Crippen LogP contribution in [0.4, 0.5) is 0 Å². The molecule has 2 aromatic heterocycles. The van der Waals surface area contributed by atoms with Crippen LogP contribution in [-0.2, 0) is 6.42 Å². The van der Waals surface area contributed by atoms with Gasteiger partial charge in [0.1, 0.15) is 11.5 Å². The van der Waals surface area contributed by atoms with Crippen molar-refractivity contribution in [1.29, 1.82) is 0 Å². The van der Waals surface area contributed by atoms with Gasteiger partial charge in [0.15, 0.2) is 0 Å². The van der Waals surface area contributed by atoms with Crippen LogP contribution >= 0.6 is 11.3 Å². The highest BCUT2D eigenvalue weighted by Crippen LogP contribution is 2.25. The molecule has 14 heavy (non-hydrogen) atoms. The molecular formula is C11H13NOS. The predicted molar refractivity (Wildman–Crippen MR) is 58.4 cm³/mol. The summed E-state index contributed by atoms with van der Waals surface area (Å²) in [4.78, 5) is 1.14. The molecule has 0 unspecified atom stereocenters. The molecule has 2 heterocycles. The molecule has 0 saturated heterocycles. The maximum atomic E-state index is 6.05. The standard InChI is InChI=1S/C11H13NOS/c1-2-8-5-6-9(13-8)11(12)10-4-3-7-14-10/h3-7,11H,2,12H2,1H3/t11-/m0/s1. The van der Waals surface area contributed by atoms with Crippen molar-refractivity contribution in [2.45, 2.75) is 19.4 Å². The highest BCUT2D eigenvalue weighted by Gasteiger charge is 2.13. The van der Waals surface area contributed by atoms with Gasteiger partial charge in [0.25, 0.3) is 0 Å². The maximum absolute atomic E-state index is 6.05. The minimum absolute atomic E-state index is 0.115. The molecule has 0 aromatic carbocycles. The van der Waals surface area contributed by atoms with E-state index in [2.05, 4.69) is 6.92 Å². The Morgan fingerprint density at radius 2 is 2.29 bits per heavy atom. The molecule has 3 heteroatoms. The van der Waals surface area contributed by atoms with Crippen molar-refractivity contribution in [2.75, 3.05) is 0 Å². The van der Waals surface area contributed by atoms with Gasteiger partial charge in [0, 0.05) is 11.3 Å². The topological polar surface area (TPSA) is 39.2 Å². The van der Waals surface area contributed by atoms with Gasteiger partial charge >= 0.3 is 0 Å². The largest absolute Gasteiger partial charge is 0.464 e. The summed E-state index contributed by atoms with van der Waals surface area (Å²) in [7, 11) is 0. The van der Waals surface area contributed by atoms with E-state index in [1.54, 1.807) is 11.3 Å². The average molecular weight is 207 g/mol. The number of rotatable bonds is 3. The van der Waals surface area contributed by atoms with E-state index in [9.17, 15) is 0 Å². The minimum atomic E-state index is -0.115. The maximum Gasteiger partial charge on any atom is 0.126 e. The first kappa shape index (κ1) is 9.49. The van der Waals surface area contributed by atoms with Crippen LogP contribution in [0.5, 0.6) is 0 Å². The molecule has 0 aliphatic heterocycles. The van der Waals surface area contributed by atoms with E-state index in [-0.39, 0.29) is 6.04 Å². The number of hydrogen-bond acceptors (Lipinski definition) is 3. The molecule has 0 radical (unpaired) electrons. The molecule has 0 aliphatic rings. The third-order valence-electron chi connectivity index (χ3n) is 2.19. The molecule has 2 rings (SSSR count). The van der Waals surface area contributed by atoms with Gasteiger partial charge in [-0.25, -0.2) is 0 Å². The summed E-state index contributed by atoms with van der Waals surface area (Å²) in [5.74, 6) is 1.84. The first-order valence-corrected chi connectivity index (χ1v) is 5.57. The molecule has 74 valence electrons. The third kappa shape index (κ3) is 1.74. The van der Waals surface area contributed by atoms with Gasteiger partial charge in [0.05, 0.1) is 6.04 Å². The van der Waals surface area contributed by atoms with Crippen LogP contribution in [0.15, 0.2) is 34.1 Å². The van der Waals surface area contributed by atoms with Crippen molar-refractivity contribution in [3.05, 3.63) is 46.0 Å². The van der Waals surface area contributed by atoms with Crippen LogP contribution in [0.2, 0.25) is 0 Å². The van der Waals surface area contributed by atoms with Crippen molar-refractivity contribution in [1.82, 2.24) is 0 Å². The van der Waals surface area contributed by atoms with Crippen LogP contribution in [0, 0.1) is 0 Å². The predicted octanol–water partition coefficient (Wildman–Crippen LogP) is 2.95. The summed E-state index contributed by atoms with van der Waals surface area (Å²) >= 11 is 1.66. The number of nitrogens with two attached hydrogens (primary N) is 1. The zero-order chi connectivity index (χ0) is 9.97. The minimum Gasteiger partial charge on any atom is -0.464 e. The van der Waals surface area contributed by atoms with Gasteiger partial charge in [-0.15, -0.1) is 11.3 Å². The van der Waals surface area contributed by atoms with Crippen molar-refractivity contribution in [3.63, 3.8) is 0 Å². The fourth-order valence-electron chi connectivity index (χ4n) is 1.36. The highest BCUT2D eigenvalue weighted by molar-refractivity contribution is 7.10. The Kier molecular flexibility index (Phi) is 2.70. The lowest BCUT2D eigenvalue weighted by atomic mass is 10.2. The summed E-state index contributed by atoms with van der Waals surface area (Å²) in [6.45, 7) is 2.07. The van der Waals surface area contributed by atoms with Gasteiger partial charge in [0.2, 0.25) is 0 Å². The van der Waals surface area contributed by atoms with E-state index in [4.69, 9.17) is 10.2 Å². The fourth-order valence-corrected chi connectivity index (χ4v) is 2.09. The first-order chi connectivity index (χ1) is 6.81. The summed E-state index contributed by atoms with van der Waals surface area (Å²) in [6, 6.07) is 7.87. The van der Waals surface area contributed by atoms with Crippen molar-refractivity contribution >= 4 is 11.3 Å². The van der Waals surface area contributed by atoms with Crippen LogP contribution in [-0.4, -0.2) is 0 Å². The fraction of sp³-hybridized carbons (Fsp3) is 0.273. The lowest BCUT2D eigenvalue weighted by Gasteiger charge is -2.05. The molecule has 0 fully saturated rings. The molecule has 0 bridgehead atoms. The summed E-state index contributed by atoms with van der Waals surface area (Å²) in [6.07, 6.45) is 0.914. The molecular weight excluding hydrogens is 194 g/mol. The lowest BCUT2D eigenvalue weighted by Crippen LogP contribution is -2.08. The number of thiophene rings is 1. The van der Waals surface area contributed by atoms with E-state index in [0.29, 0.717) is 0 Å². The Balaban J connectivity index is 2.23. The van der Waals surface area contributed by atoms with E-state index >= 15 is 0 Å². The van der Waals surface area contributed by atoms with Crippen molar-refractivity contribution < 1.29 is 4.42 Å². The van der Waals surface area contributed by atoms with Gasteiger partial charge in [-0.05, 0) is 23.6 Å². The smallest absolute Gasteiger partial charge is 0.126 e. The Morgan fingerprint density at radius 1 is 1.43 bits per heavy atom. The SMILES string of the molecule is CCc1ccc([C@H](N)c2cccs2)o1. The van der Waals surface area contributed by atoms with E-state index in [1.165, 1.54) is 0 Å². The summed E-state index contributed by atoms with van der Waals surface area (Å²) in [5, 5.41) is 2.03. The lowest BCUT2D eigenvalue weighted by molar-refractivity contribution is 0.455. The number of aryl methyl sites for hydroxylation is 1. The molecule has 0 aliphatic carbocycles. The van der Waals surface area contributed by atoms with Gasteiger partial charge in [-0.1, -0.05) is 13.0 Å². The Morgan fingerprint density at radius 3 is 2.86 bits per heavy atom. The van der Waals surface area contributed by atoms with Gasteiger partial charge in [-0.3, -0.25) is 0 Å². The monoisotopic (exact) mass is 207 g/mol. The average Bonchev–Trinajstić information content (AvgIpc) is 2.88. The second-order valence-corrected chi connectivity index (χ2v) is 4.13. The van der Waals surface area contributed by atoms with Crippen molar-refractivity contribution in [2.24, 2.45) is 5.73 Å². The van der Waals surface area contributed by atoms with Gasteiger partial charge < -0.3 is 10.2 Å². The van der Waals surface area contributed by atoms with Crippen molar-refractivity contribution in [3.8, 4) is 0 Å². The molecule has 0 saturated carbocycles. The Bertz CT molecular complexity index is 391. The van der Waals surface area contributed by atoms with Gasteiger partial charge in [-0.2, -0.15) is 0 Å². The zero-order valence-electron chi connectivity index (χ0n) is 8.07. The molecule has 2 aromatic rings. The van der Waals surface area contributed by atoms with E-state index < -0.39 is 0 Å². The highest BCUT2D eigenvalue weighted by atomic mass is 32.1. The van der Waals surface area contributed by atoms with E-state index in [1.807, 2.05) is 29.6 Å². The second kappa shape index (κ2) is 3.98. The Hall–Kier alpha value is -1.06. The zero-order valence-corrected chi connectivity index (χ0v) is 8.88. The molecule has 1 atom stereocenters. The molecule has 0 amide bonds. The number of hydrogen-bond donors (Lipinski definition) is 1. The molecule has 2 N–H and O–H groups in total. The van der Waals surface area contributed by atoms with Crippen LogP contribution in [0.1, 0.15) is 29.4 Å². The molecule has 2 nitrogen and oxygen atoms in total. The molecule has 0 spiro atoms. The number of furan rings is 1. The van der Waals surface area contributed by atoms with Crippen LogP contribution in [0.25, 0.3) is 0 Å². The summed E-state index contributed by atoms with van der Waals surface area (Å²) < 4.78 is 5.60. The second-order valence-electron chi connectivity index (χ2n) is 3.15. The summed E-state index contributed by atoms with van der Waals surface area (Å²) in [5.41, 5.74) is 6.05.